The number of rotatable bonds is 39. The smallest absolute Gasteiger partial charge is 0.305 e. The van der Waals surface area contributed by atoms with Crippen LogP contribution in [0.25, 0.3) is 11.1 Å². The molecular weight excluding hydrogens is 1240 g/mol. The number of amides is 3. The van der Waals surface area contributed by atoms with E-state index >= 15 is 0 Å². The summed E-state index contributed by atoms with van der Waals surface area (Å²) in [6, 6.07) is 88.0. The largest absolute Gasteiger partial charge is 0.492 e. The zero-order chi connectivity index (χ0) is 67.8. The van der Waals surface area contributed by atoms with E-state index < -0.39 is 15.5 Å². The molecule has 0 bridgehead atoms. The number of carbonyl (C=O) groups excluding carboxylic acids is 4. The third-order valence-electron chi connectivity index (χ3n) is 17.6. The van der Waals surface area contributed by atoms with Gasteiger partial charge in [-0.1, -0.05) is 301 Å². The Hall–Kier alpha value is -8.94. The Morgan fingerprint density at radius 2 is 0.845 bits per heavy atom. The molecule has 10 nitrogen and oxygen atoms in total. The van der Waals surface area contributed by atoms with Crippen LogP contribution in [0.2, 0.25) is 0 Å². The SMILES string of the molecule is CC/C(=C(/c1ccc(CCOC(=O)CCCCCCCCCCCNC(=O)C(CNC(=O)CSC(c2ccccc2)(c2ccccc2)c2ccccc2)NC(=O)CSC(c2ccccc2)(c2ccccc2)c2ccccc2)cc1)c1ccc(OCCN(C)C)cc1)c1ccccc1. The molecule has 0 aromatic heterocycles. The van der Waals surface area contributed by atoms with Crippen LogP contribution in [0.1, 0.15) is 133 Å². The molecule has 9 rings (SSSR count). The fourth-order valence-corrected chi connectivity index (χ4v) is 15.2. The van der Waals surface area contributed by atoms with Gasteiger partial charge in [0, 0.05) is 32.5 Å². The summed E-state index contributed by atoms with van der Waals surface area (Å²) in [5.41, 5.74) is 13.3. The average molecular weight is 1330 g/mol. The number of nitrogens with one attached hydrogen (secondary N) is 3. The van der Waals surface area contributed by atoms with Crippen molar-refractivity contribution in [1.29, 1.82) is 0 Å². The van der Waals surface area contributed by atoms with Crippen molar-refractivity contribution in [1.82, 2.24) is 20.9 Å². The van der Waals surface area contributed by atoms with Crippen molar-refractivity contribution in [3.8, 4) is 5.75 Å². The first-order chi connectivity index (χ1) is 47.6. The molecule has 3 N–H and O–H groups in total. The Labute approximate surface area is 584 Å². The van der Waals surface area contributed by atoms with Gasteiger partial charge < -0.3 is 30.3 Å². The summed E-state index contributed by atoms with van der Waals surface area (Å²) in [5, 5.41) is 9.22. The number of allylic oxidation sites excluding steroid dienone is 1. The maximum Gasteiger partial charge on any atom is 0.305 e. The van der Waals surface area contributed by atoms with Gasteiger partial charge in [-0.3, -0.25) is 19.2 Å². The van der Waals surface area contributed by atoms with E-state index in [0.717, 1.165) is 127 Å². The van der Waals surface area contributed by atoms with Crippen LogP contribution in [0.3, 0.4) is 0 Å². The number of esters is 1. The molecule has 9 aromatic carbocycles. The standard InChI is InChI=1S/C85H94N4O6S2/c1-4-77(67-35-19-12-20-36-67)82(69-54-56-76(57-55-69)94-62-60-89(2)3)68-52-50-66(51-53-68)58-61-95-81(92)49-33-10-8-6-5-7-9-11-34-59-86-83(93)78(88-80(91)65-97-85(73-43-27-16-28-44-73,74-45-29-17-30-46-74)75-47-31-18-32-48-75)63-87-79(90)64-96-84(70-37-21-13-22-38-70,71-39-23-14-24-40-71)72-41-25-15-26-42-72/h12-32,35-48,50-57,78H,4-11,33-34,49,58-65H2,1-3H3,(H,86,93)(H,87,90)(H,88,91)/b82-77+. The second-order valence-corrected chi connectivity index (χ2v) is 27.1. The Bertz CT molecular complexity index is 3630. The Kier molecular flexibility index (Phi) is 28.9. The lowest BCUT2D eigenvalue weighted by atomic mass is 9.84. The van der Waals surface area contributed by atoms with E-state index in [1.807, 2.05) is 123 Å². The second kappa shape index (κ2) is 38.7. The molecule has 502 valence electrons. The normalized spacial score (nSPS) is 12.1. The lowest BCUT2D eigenvalue weighted by molar-refractivity contribution is -0.143. The van der Waals surface area contributed by atoms with Crippen molar-refractivity contribution in [3.63, 3.8) is 0 Å². The van der Waals surface area contributed by atoms with E-state index in [1.165, 1.54) is 40.2 Å². The molecule has 97 heavy (non-hydrogen) atoms. The van der Waals surface area contributed by atoms with Crippen molar-refractivity contribution >= 4 is 58.4 Å². The molecule has 0 saturated heterocycles. The van der Waals surface area contributed by atoms with Crippen molar-refractivity contribution in [2.24, 2.45) is 0 Å². The summed E-state index contributed by atoms with van der Waals surface area (Å²) >= 11 is 3.03. The molecule has 0 saturated carbocycles. The number of nitrogens with zero attached hydrogens (tertiary/aromatic N) is 1. The quantitative estimate of drug-likeness (QED) is 0.0149. The topological polar surface area (TPSA) is 126 Å². The first-order valence-corrected chi connectivity index (χ1v) is 36.4. The second-order valence-electron chi connectivity index (χ2n) is 24.7. The van der Waals surface area contributed by atoms with Crippen LogP contribution in [0, 0.1) is 0 Å². The Morgan fingerprint density at radius 1 is 0.443 bits per heavy atom. The fraction of sp³-hybridized carbons (Fsp3) is 0.294. The van der Waals surface area contributed by atoms with Gasteiger partial charge in [0.05, 0.1) is 27.6 Å². The van der Waals surface area contributed by atoms with Gasteiger partial charge >= 0.3 is 5.97 Å². The first-order valence-electron chi connectivity index (χ1n) is 34.4. The minimum atomic E-state index is -1.03. The first kappa shape index (κ1) is 72.3. The maximum absolute atomic E-state index is 14.4. The average Bonchev–Trinajstić information content (AvgIpc) is 0.771. The van der Waals surface area contributed by atoms with Crippen LogP contribution < -0.4 is 20.7 Å². The highest BCUT2D eigenvalue weighted by atomic mass is 32.2. The van der Waals surface area contributed by atoms with Crippen LogP contribution in [0.15, 0.2) is 261 Å². The number of likely N-dealkylation sites (N-methyl/N-ethyl adjacent to an activating group) is 1. The summed E-state index contributed by atoms with van der Waals surface area (Å²) < 4.78 is 10.3. The molecule has 1 atom stereocenters. The summed E-state index contributed by atoms with van der Waals surface area (Å²) in [6.45, 7) is 4.39. The molecule has 0 aliphatic heterocycles. The van der Waals surface area contributed by atoms with Crippen molar-refractivity contribution < 1.29 is 28.7 Å². The van der Waals surface area contributed by atoms with Crippen molar-refractivity contribution in [2.45, 2.75) is 99.5 Å². The van der Waals surface area contributed by atoms with Crippen LogP contribution in [0.4, 0.5) is 0 Å². The number of thioether (sulfide) groups is 2. The van der Waals surface area contributed by atoms with Gasteiger partial charge in [0.15, 0.2) is 0 Å². The Morgan fingerprint density at radius 3 is 1.28 bits per heavy atom. The molecule has 3 amide bonds. The highest BCUT2D eigenvalue weighted by molar-refractivity contribution is 8.01. The summed E-state index contributed by atoms with van der Waals surface area (Å²) in [5.74, 6) is -0.0936. The van der Waals surface area contributed by atoms with Gasteiger partial charge in [-0.2, -0.15) is 0 Å². The molecule has 0 radical (unpaired) electrons. The highest BCUT2D eigenvalue weighted by Gasteiger charge is 2.39. The van der Waals surface area contributed by atoms with Crippen LogP contribution >= 0.6 is 23.5 Å². The van der Waals surface area contributed by atoms with Gasteiger partial charge in [-0.05, 0) is 112 Å². The van der Waals surface area contributed by atoms with Gasteiger partial charge in [0.1, 0.15) is 18.4 Å². The number of benzene rings is 9. The van der Waals surface area contributed by atoms with Crippen molar-refractivity contribution in [2.75, 3.05) is 58.4 Å². The van der Waals surface area contributed by atoms with E-state index in [9.17, 15) is 19.2 Å². The van der Waals surface area contributed by atoms with E-state index in [0.29, 0.717) is 32.6 Å². The molecule has 0 spiro atoms. The van der Waals surface area contributed by atoms with Gasteiger partial charge in [-0.15, -0.1) is 23.5 Å². The van der Waals surface area contributed by atoms with E-state index in [1.54, 1.807) is 0 Å². The molecule has 0 aliphatic carbocycles. The van der Waals surface area contributed by atoms with E-state index in [4.69, 9.17) is 9.47 Å². The minimum Gasteiger partial charge on any atom is -0.492 e. The molecule has 1 unspecified atom stereocenters. The summed E-state index contributed by atoms with van der Waals surface area (Å²) in [6.07, 6.45) is 10.8. The molecule has 0 heterocycles. The monoisotopic (exact) mass is 1330 g/mol. The third kappa shape index (κ3) is 21.0. The molecule has 0 fully saturated rings. The van der Waals surface area contributed by atoms with Gasteiger partial charge in [0.2, 0.25) is 17.7 Å². The zero-order valence-corrected chi connectivity index (χ0v) is 58.2. The van der Waals surface area contributed by atoms with Gasteiger partial charge in [-0.25, -0.2) is 0 Å². The Balaban J connectivity index is 0.728. The fourth-order valence-electron chi connectivity index (χ4n) is 12.5. The minimum absolute atomic E-state index is 0.0336. The van der Waals surface area contributed by atoms with Crippen molar-refractivity contribution in [3.05, 3.63) is 316 Å². The van der Waals surface area contributed by atoms with Crippen LogP contribution in [-0.2, 0) is 39.8 Å². The lowest BCUT2D eigenvalue weighted by Crippen LogP contribution is -2.53. The molecular formula is C85H94N4O6S2. The predicted molar refractivity (Wildman–Crippen MR) is 402 cm³/mol. The number of ether oxygens (including phenoxy) is 2. The zero-order valence-electron chi connectivity index (χ0n) is 56.6. The van der Waals surface area contributed by atoms with Crippen LogP contribution in [-0.4, -0.2) is 93.1 Å². The number of hydrogen-bond donors (Lipinski definition) is 3. The third-order valence-corrected chi connectivity index (χ3v) is 20.7. The predicted octanol–water partition coefficient (Wildman–Crippen LogP) is 17.2. The summed E-state index contributed by atoms with van der Waals surface area (Å²) in [7, 11) is 4.09. The maximum atomic E-state index is 14.4. The molecule has 12 heteroatoms. The molecule has 9 aromatic rings. The molecule has 0 aliphatic rings. The van der Waals surface area contributed by atoms with Crippen LogP contribution in [0.5, 0.6) is 5.75 Å². The highest BCUT2D eigenvalue weighted by Crippen LogP contribution is 2.50. The lowest BCUT2D eigenvalue weighted by Gasteiger charge is -2.35. The number of carbonyl (C=O) groups is 4. The number of hydrogen-bond acceptors (Lipinski definition) is 9. The van der Waals surface area contributed by atoms with E-state index in [-0.39, 0.29) is 41.7 Å². The summed E-state index contributed by atoms with van der Waals surface area (Å²) in [4.78, 5) is 57.8. The van der Waals surface area contributed by atoms with Gasteiger partial charge in [0.25, 0.3) is 0 Å². The van der Waals surface area contributed by atoms with E-state index in [2.05, 4.69) is 179 Å². The number of unbranched alkanes of at least 4 members (excludes halogenated alkanes) is 8.